The molecule has 1 heterocycles. The Bertz CT molecular complexity index is 401. The quantitative estimate of drug-likeness (QED) is 0.799. The van der Waals surface area contributed by atoms with Crippen molar-refractivity contribution in [3.63, 3.8) is 0 Å². The van der Waals surface area contributed by atoms with E-state index in [9.17, 15) is 4.79 Å². The first-order valence-corrected chi connectivity index (χ1v) is 6.85. The summed E-state index contributed by atoms with van der Waals surface area (Å²) in [6.45, 7) is 5.30. The van der Waals surface area contributed by atoms with E-state index in [2.05, 4.69) is 29.0 Å². The number of nitrogens with zero attached hydrogens (tertiary/aromatic N) is 2. The lowest BCUT2D eigenvalue weighted by Crippen LogP contribution is -2.48. The summed E-state index contributed by atoms with van der Waals surface area (Å²) in [5.74, 6) is -0.121. The van der Waals surface area contributed by atoms with Gasteiger partial charge in [0.25, 0.3) is 5.91 Å². The molecule has 0 aliphatic carbocycles. The van der Waals surface area contributed by atoms with Gasteiger partial charge in [0.05, 0.1) is 5.01 Å². The van der Waals surface area contributed by atoms with Crippen LogP contribution in [-0.2, 0) is 6.42 Å². The van der Waals surface area contributed by atoms with Crippen LogP contribution in [0.1, 0.15) is 29.3 Å². The van der Waals surface area contributed by atoms with Gasteiger partial charge in [-0.2, -0.15) is 0 Å². The highest BCUT2D eigenvalue weighted by Gasteiger charge is 2.22. The molecule has 1 aromatic rings. The average molecular weight is 270 g/mol. The van der Waals surface area contributed by atoms with E-state index in [0.29, 0.717) is 18.8 Å². The number of carbonyl (C=O) groups excluding carboxylic acids is 1. The van der Waals surface area contributed by atoms with E-state index in [1.54, 1.807) is 5.38 Å². The zero-order chi connectivity index (χ0) is 13.8. The maximum Gasteiger partial charge on any atom is 0.270 e. The Balaban J connectivity index is 2.55. The van der Waals surface area contributed by atoms with E-state index in [0.717, 1.165) is 11.4 Å². The minimum Gasteiger partial charge on any atom is -0.349 e. The zero-order valence-electron chi connectivity index (χ0n) is 11.5. The molecule has 18 heavy (non-hydrogen) atoms. The fraction of sp³-hybridized carbons (Fsp3) is 0.667. The molecule has 0 saturated carbocycles. The van der Waals surface area contributed by atoms with Crippen LogP contribution < -0.4 is 11.1 Å². The number of likely N-dealkylation sites (N-methyl/N-ethyl adjacent to an activating group) is 1. The van der Waals surface area contributed by atoms with Gasteiger partial charge in [-0.15, -0.1) is 11.3 Å². The first-order valence-electron chi connectivity index (χ1n) is 5.97. The van der Waals surface area contributed by atoms with Gasteiger partial charge in [-0.25, -0.2) is 4.98 Å². The Labute approximate surface area is 112 Å². The molecule has 0 atom stereocenters. The lowest BCUT2D eigenvalue weighted by molar-refractivity contribution is 0.0915. The second kappa shape index (κ2) is 6.26. The molecule has 6 heteroatoms. The van der Waals surface area contributed by atoms with Crippen LogP contribution in [0.2, 0.25) is 0 Å². The number of hydrogen-bond donors (Lipinski definition) is 2. The van der Waals surface area contributed by atoms with Gasteiger partial charge < -0.3 is 16.0 Å². The van der Waals surface area contributed by atoms with Crippen molar-refractivity contribution in [1.29, 1.82) is 0 Å². The molecule has 5 nitrogen and oxygen atoms in total. The lowest BCUT2D eigenvalue weighted by atomic mass is 10.0. The van der Waals surface area contributed by atoms with Gasteiger partial charge in [0.15, 0.2) is 0 Å². The Kier molecular flexibility index (Phi) is 5.25. The highest BCUT2D eigenvalue weighted by molar-refractivity contribution is 7.09. The van der Waals surface area contributed by atoms with Crippen molar-refractivity contribution in [2.24, 2.45) is 5.73 Å². The number of nitrogens with two attached hydrogens (primary N) is 1. The molecule has 1 aromatic heterocycles. The van der Waals surface area contributed by atoms with Gasteiger partial charge in [-0.05, 0) is 34.5 Å². The number of nitrogens with one attached hydrogen (secondary N) is 1. The van der Waals surface area contributed by atoms with Gasteiger partial charge in [0, 0.05) is 23.9 Å². The molecule has 0 aliphatic heterocycles. The monoisotopic (exact) mass is 270 g/mol. The van der Waals surface area contributed by atoms with Crippen molar-refractivity contribution < 1.29 is 4.79 Å². The van der Waals surface area contributed by atoms with E-state index in [1.807, 2.05) is 14.1 Å². The molecule has 3 N–H and O–H groups in total. The molecule has 1 rings (SSSR count). The van der Waals surface area contributed by atoms with Crippen molar-refractivity contribution in [2.75, 3.05) is 27.2 Å². The Morgan fingerprint density at radius 2 is 2.22 bits per heavy atom. The van der Waals surface area contributed by atoms with Gasteiger partial charge in [-0.3, -0.25) is 4.79 Å². The predicted octanol–water partition coefficient (Wildman–Crippen LogP) is 0.714. The zero-order valence-corrected chi connectivity index (χ0v) is 12.3. The Morgan fingerprint density at radius 1 is 1.56 bits per heavy atom. The highest BCUT2D eigenvalue weighted by atomic mass is 32.1. The van der Waals surface area contributed by atoms with Gasteiger partial charge >= 0.3 is 0 Å². The topological polar surface area (TPSA) is 71.2 Å². The average Bonchev–Trinajstić information content (AvgIpc) is 2.75. The highest BCUT2D eigenvalue weighted by Crippen LogP contribution is 2.11. The SMILES string of the molecule is CN(C)C(C)(C)CNC(=O)c1csc(CCN)n1. The molecule has 0 radical (unpaired) electrons. The van der Waals surface area contributed by atoms with Crippen molar-refractivity contribution >= 4 is 17.2 Å². The molecule has 0 saturated heterocycles. The number of thiazole rings is 1. The summed E-state index contributed by atoms with van der Waals surface area (Å²) in [7, 11) is 3.99. The van der Waals surface area contributed by atoms with Crippen LogP contribution >= 0.6 is 11.3 Å². The summed E-state index contributed by atoms with van der Waals surface area (Å²) in [4.78, 5) is 18.3. The van der Waals surface area contributed by atoms with Crippen molar-refractivity contribution in [3.05, 3.63) is 16.1 Å². The van der Waals surface area contributed by atoms with Crippen LogP contribution in [0.15, 0.2) is 5.38 Å². The maximum atomic E-state index is 11.9. The summed E-state index contributed by atoms with van der Waals surface area (Å²) in [5, 5.41) is 5.60. The first kappa shape index (κ1) is 15.1. The summed E-state index contributed by atoms with van der Waals surface area (Å²) >= 11 is 1.48. The van der Waals surface area contributed by atoms with Crippen molar-refractivity contribution in [2.45, 2.75) is 25.8 Å². The molecule has 0 aromatic carbocycles. The van der Waals surface area contributed by atoms with E-state index in [1.165, 1.54) is 11.3 Å². The number of carbonyl (C=O) groups is 1. The maximum absolute atomic E-state index is 11.9. The second-order valence-electron chi connectivity index (χ2n) is 5.05. The van der Waals surface area contributed by atoms with Crippen LogP contribution in [-0.4, -0.2) is 48.5 Å². The molecule has 0 bridgehead atoms. The summed E-state index contributed by atoms with van der Waals surface area (Å²) in [6.07, 6.45) is 0.723. The van der Waals surface area contributed by atoms with Crippen molar-refractivity contribution in [3.8, 4) is 0 Å². The Hall–Kier alpha value is -0.980. The second-order valence-corrected chi connectivity index (χ2v) is 6.00. The van der Waals surface area contributed by atoms with Crippen LogP contribution in [0.3, 0.4) is 0 Å². The van der Waals surface area contributed by atoms with E-state index in [4.69, 9.17) is 5.73 Å². The Morgan fingerprint density at radius 3 is 2.78 bits per heavy atom. The third-order valence-corrected chi connectivity index (χ3v) is 3.94. The summed E-state index contributed by atoms with van der Waals surface area (Å²) < 4.78 is 0. The smallest absolute Gasteiger partial charge is 0.270 e. The molecule has 0 spiro atoms. The third-order valence-electron chi connectivity index (χ3n) is 3.03. The van der Waals surface area contributed by atoms with Crippen LogP contribution in [0, 0.1) is 0 Å². The van der Waals surface area contributed by atoms with Crippen molar-refractivity contribution in [1.82, 2.24) is 15.2 Å². The molecular weight excluding hydrogens is 248 g/mol. The summed E-state index contributed by atoms with van der Waals surface area (Å²) in [6, 6.07) is 0. The number of aromatic nitrogens is 1. The molecule has 0 fully saturated rings. The number of hydrogen-bond acceptors (Lipinski definition) is 5. The van der Waals surface area contributed by atoms with Crippen LogP contribution in [0.25, 0.3) is 0 Å². The van der Waals surface area contributed by atoms with E-state index >= 15 is 0 Å². The number of amides is 1. The minimum absolute atomic E-state index is 0.0776. The number of rotatable bonds is 6. The van der Waals surface area contributed by atoms with E-state index in [-0.39, 0.29) is 11.4 Å². The van der Waals surface area contributed by atoms with E-state index < -0.39 is 0 Å². The summed E-state index contributed by atoms with van der Waals surface area (Å²) in [5.41, 5.74) is 5.86. The fourth-order valence-electron chi connectivity index (χ4n) is 1.20. The lowest BCUT2D eigenvalue weighted by Gasteiger charge is -2.32. The van der Waals surface area contributed by atoms with Gasteiger partial charge in [0.2, 0.25) is 0 Å². The third kappa shape index (κ3) is 4.04. The molecular formula is C12H22N4OS. The van der Waals surface area contributed by atoms with Crippen LogP contribution in [0.5, 0.6) is 0 Å². The fourth-order valence-corrected chi connectivity index (χ4v) is 1.99. The molecule has 0 aliphatic rings. The normalized spacial score (nSPS) is 11.9. The minimum atomic E-state index is -0.121. The molecule has 1 amide bonds. The van der Waals surface area contributed by atoms with Gasteiger partial charge in [-0.1, -0.05) is 0 Å². The molecule has 0 unspecified atom stereocenters. The first-order chi connectivity index (χ1) is 8.36. The predicted molar refractivity (Wildman–Crippen MR) is 75.0 cm³/mol. The van der Waals surface area contributed by atoms with Gasteiger partial charge in [0.1, 0.15) is 5.69 Å². The molecule has 102 valence electrons. The van der Waals surface area contributed by atoms with Crippen LogP contribution in [0.4, 0.5) is 0 Å². The largest absolute Gasteiger partial charge is 0.349 e. The standard InChI is InChI=1S/C12H22N4OS/c1-12(2,16(3)4)8-14-11(17)9-7-18-10(15-9)5-6-13/h7H,5-6,8,13H2,1-4H3,(H,14,17).